The van der Waals surface area contributed by atoms with E-state index >= 15 is 0 Å². The number of ether oxygens (including phenoxy) is 1. The second kappa shape index (κ2) is 6.19. The van der Waals surface area contributed by atoms with Gasteiger partial charge >= 0.3 is 6.01 Å². The lowest BCUT2D eigenvalue weighted by Gasteiger charge is -2.25. The molecule has 0 atom stereocenters. The van der Waals surface area contributed by atoms with Gasteiger partial charge in [-0.3, -0.25) is 5.43 Å². The van der Waals surface area contributed by atoms with Crippen molar-refractivity contribution < 1.29 is 4.74 Å². The van der Waals surface area contributed by atoms with Gasteiger partial charge in [0.15, 0.2) is 0 Å². The molecular formula is C10H20N6O. The number of anilines is 2. The number of hydrazine groups is 1. The van der Waals surface area contributed by atoms with Crippen LogP contribution in [0.5, 0.6) is 6.01 Å². The lowest BCUT2D eigenvalue weighted by Crippen LogP contribution is -2.32. The van der Waals surface area contributed by atoms with Crippen LogP contribution in [0, 0.1) is 0 Å². The van der Waals surface area contributed by atoms with Gasteiger partial charge in [-0.05, 0) is 27.7 Å². The molecule has 0 aliphatic carbocycles. The molecule has 0 bridgehead atoms. The van der Waals surface area contributed by atoms with Crippen LogP contribution < -0.4 is 20.9 Å². The minimum Gasteiger partial charge on any atom is -0.464 e. The summed E-state index contributed by atoms with van der Waals surface area (Å²) in [6, 6.07) is 0.576. The lowest BCUT2D eigenvalue weighted by molar-refractivity contribution is 0.312. The fraction of sp³-hybridized carbons (Fsp3) is 0.700. The zero-order chi connectivity index (χ0) is 12.8. The molecule has 1 rings (SSSR count). The number of nitrogens with two attached hydrogens (primary N) is 1. The van der Waals surface area contributed by atoms with E-state index in [-0.39, 0.29) is 6.01 Å². The number of nitrogens with one attached hydrogen (secondary N) is 1. The van der Waals surface area contributed by atoms with E-state index in [0.717, 1.165) is 6.54 Å². The molecule has 0 amide bonds. The minimum absolute atomic E-state index is 0.282. The lowest BCUT2D eigenvalue weighted by atomic mass is 10.3. The maximum atomic E-state index is 5.32. The zero-order valence-corrected chi connectivity index (χ0v) is 10.8. The van der Waals surface area contributed by atoms with E-state index in [4.69, 9.17) is 10.6 Å². The quantitative estimate of drug-likeness (QED) is 0.561. The maximum Gasteiger partial charge on any atom is 0.323 e. The molecule has 7 nitrogen and oxygen atoms in total. The summed E-state index contributed by atoms with van der Waals surface area (Å²) in [5.74, 6) is 6.19. The third-order valence-electron chi connectivity index (χ3n) is 2.23. The van der Waals surface area contributed by atoms with Crippen molar-refractivity contribution in [2.75, 3.05) is 23.5 Å². The zero-order valence-electron chi connectivity index (χ0n) is 10.8. The van der Waals surface area contributed by atoms with Gasteiger partial charge in [0.2, 0.25) is 11.9 Å². The monoisotopic (exact) mass is 240 g/mol. The first kappa shape index (κ1) is 13.4. The summed E-state index contributed by atoms with van der Waals surface area (Å²) in [6.45, 7) is 9.36. The largest absolute Gasteiger partial charge is 0.464 e. The molecule has 1 heterocycles. The molecule has 0 saturated carbocycles. The Morgan fingerprint density at radius 3 is 2.47 bits per heavy atom. The molecule has 0 aliphatic rings. The van der Waals surface area contributed by atoms with Gasteiger partial charge in [-0.25, -0.2) is 5.84 Å². The Balaban J connectivity index is 3.08. The van der Waals surface area contributed by atoms with Gasteiger partial charge in [-0.15, -0.1) is 0 Å². The van der Waals surface area contributed by atoms with Crippen molar-refractivity contribution in [1.29, 1.82) is 0 Å². The number of nitrogen functional groups attached to an aromatic ring is 1. The van der Waals surface area contributed by atoms with E-state index in [1.807, 2.05) is 18.7 Å². The number of hydrogen-bond donors (Lipinski definition) is 2. The second-order valence-corrected chi connectivity index (χ2v) is 3.70. The SMILES string of the molecule is CCOc1nc(NN)nc(N(CC)C(C)C)n1. The Hall–Kier alpha value is -1.63. The van der Waals surface area contributed by atoms with Gasteiger partial charge in [0.1, 0.15) is 0 Å². The van der Waals surface area contributed by atoms with Crippen LogP contribution in [0.15, 0.2) is 0 Å². The summed E-state index contributed by atoms with van der Waals surface area (Å²) in [5.41, 5.74) is 2.42. The molecule has 7 heteroatoms. The van der Waals surface area contributed by atoms with Crippen molar-refractivity contribution in [3.63, 3.8) is 0 Å². The van der Waals surface area contributed by atoms with Crippen molar-refractivity contribution in [2.45, 2.75) is 33.7 Å². The molecule has 0 radical (unpaired) electrons. The van der Waals surface area contributed by atoms with E-state index in [0.29, 0.717) is 24.5 Å². The molecule has 96 valence electrons. The van der Waals surface area contributed by atoms with Crippen LogP contribution in [0.1, 0.15) is 27.7 Å². The van der Waals surface area contributed by atoms with Crippen molar-refractivity contribution in [3.8, 4) is 6.01 Å². The highest BCUT2D eigenvalue weighted by Gasteiger charge is 2.14. The topological polar surface area (TPSA) is 89.2 Å². The van der Waals surface area contributed by atoms with E-state index in [2.05, 4.69) is 34.2 Å². The first-order valence-electron chi connectivity index (χ1n) is 5.74. The van der Waals surface area contributed by atoms with Crippen molar-refractivity contribution in [1.82, 2.24) is 15.0 Å². The van der Waals surface area contributed by atoms with Crippen molar-refractivity contribution in [3.05, 3.63) is 0 Å². The van der Waals surface area contributed by atoms with Crippen molar-refractivity contribution in [2.24, 2.45) is 5.84 Å². The van der Waals surface area contributed by atoms with Gasteiger partial charge in [-0.2, -0.15) is 15.0 Å². The smallest absolute Gasteiger partial charge is 0.323 e. The van der Waals surface area contributed by atoms with Gasteiger partial charge in [0, 0.05) is 12.6 Å². The third-order valence-corrected chi connectivity index (χ3v) is 2.23. The van der Waals surface area contributed by atoms with Crippen LogP contribution in [0.25, 0.3) is 0 Å². The van der Waals surface area contributed by atoms with E-state index in [1.165, 1.54) is 0 Å². The van der Waals surface area contributed by atoms with Crippen LogP contribution in [-0.2, 0) is 0 Å². The molecule has 3 N–H and O–H groups in total. The van der Waals surface area contributed by atoms with Crippen LogP contribution in [-0.4, -0.2) is 34.1 Å². The second-order valence-electron chi connectivity index (χ2n) is 3.70. The van der Waals surface area contributed by atoms with E-state index in [9.17, 15) is 0 Å². The Morgan fingerprint density at radius 1 is 1.29 bits per heavy atom. The Kier molecular flexibility index (Phi) is 4.89. The summed E-state index contributed by atoms with van der Waals surface area (Å²) < 4.78 is 5.28. The summed E-state index contributed by atoms with van der Waals surface area (Å²) in [7, 11) is 0. The molecule has 1 aromatic rings. The highest BCUT2D eigenvalue weighted by Crippen LogP contribution is 2.16. The van der Waals surface area contributed by atoms with E-state index in [1.54, 1.807) is 0 Å². The highest BCUT2D eigenvalue weighted by atomic mass is 16.5. The fourth-order valence-electron chi connectivity index (χ4n) is 1.47. The van der Waals surface area contributed by atoms with E-state index < -0.39 is 0 Å². The molecule has 1 aromatic heterocycles. The van der Waals surface area contributed by atoms with Crippen LogP contribution in [0.4, 0.5) is 11.9 Å². The van der Waals surface area contributed by atoms with Crippen LogP contribution in [0.3, 0.4) is 0 Å². The predicted octanol–water partition coefficient (Wildman–Crippen LogP) is 0.791. The molecular weight excluding hydrogens is 220 g/mol. The maximum absolute atomic E-state index is 5.32. The average Bonchev–Trinajstić information content (AvgIpc) is 2.29. The van der Waals surface area contributed by atoms with Gasteiger partial charge in [0.25, 0.3) is 0 Å². The number of hydrogen-bond acceptors (Lipinski definition) is 7. The first-order chi connectivity index (χ1) is 8.12. The van der Waals surface area contributed by atoms with Gasteiger partial charge in [-0.1, -0.05) is 0 Å². The summed E-state index contributed by atoms with van der Waals surface area (Å²) in [4.78, 5) is 14.5. The van der Waals surface area contributed by atoms with Crippen LogP contribution in [0.2, 0.25) is 0 Å². The summed E-state index contributed by atoms with van der Waals surface area (Å²) in [6.07, 6.45) is 0. The van der Waals surface area contributed by atoms with Gasteiger partial charge < -0.3 is 9.64 Å². The molecule has 17 heavy (non-hydrogen) atoms. The standard InChI is InChI=1S/C10H20N6O/c1-5-16(7(3)4)9-12-8(15-11)13-10(14-9)17-6-2/h7H,5-6,11H2,1-4H3,(H,12,13,14,15). The molecule has 0 aliphatic heterocycles. The Morgan fingerprint density at radius 2 is 2.00 bits per heavy atom. The number of aromatic nitrogens is 3. The third kappa shape index (κ3) is 3.42. The first-order valence-corrected chi connectivity index (χ1v) is 5.74. The van der Waals surface area contributed by atoms with Crippen molar-refractivity contribution >= 4 is 11.9 Å². The summed E-state index contributed by atoms with van der Waals surface area (Å²) in [5, 5.41) is 0. The molecule has 0 unspecified atom stereocenters. The normalized spacial score (nSPS) is 10.5. The number of rotatable bonds is 6. The Labute approximate surface area is 101 Å². The Bertz CT molecular complexity index is 357. The highest BCUT2D eigenvalue weighted by molar-refractivity contribution is 5.38. The molecule has 0 fully saturated rings. The van der Waals surface area contributed by atoms with Crippen LogP contribution >= 0.6 is 0 Å². The molecule has 0 spiro atoms. The number of nitrogens with zero attached hydrogens (tertiary/aromatic N) is 4. The fourth-order valence-corrected chi connectivity index (χ4v) is 1.47. The predicted molar refractivity (Wildman–Crippen MR) is 67.0 cm³/mol. The van der Waals surface area contributed by atoms with Gasteiger partial charge in [0.05, 0.1) is 6.61 Å². The molecule has 0 saturated heterocycles. The average molecular weight is 240 g/mol. The minimum atomic E-state index is 0.282. The molecule has 0 aromatic carbocycles. The summed E-state index contributed by atoms with van der Waals surface area (Å²) >= 11 is 0.